The minimum atomic E-state index is -0.988. The Balaban J connectivity index is 1.82. The van der Waals surface area contributed by atoms with E-state index in [1.54, 1.807) is 29.0 Å². The van der Waals surface area contributed by atoms with E-state index in [4.69, 9.17) is 12.2 Å². The molecule has 4 rings (SSSR count). The number of hydrogen-bond acceptors (Lipinski definition) is 4. The van der Waals surface area contributed by atoms with Crippen LogP contribution in [0.25, 0.3) is 17.0 Å². The number of aryl methyl sites for hydroxylation is 2. The van der Waals surface area contributed by atoms with E-state index in [9.17, 15) is 19.5 Å². The molecule has 31 heavy (non-hydrogen) atoms. The number of nitrogens with zero attached hydrogens (tertiary/aromatic N) is 2. The summed E-state index contributed by atoms with van der Waals surface area (Å²) in [6.45, 7) is 3.59. The zero-order valence-electron chi connectivity index (χ0n) is 16.9. The second-order valence-electron chi connectivity index (χ2n) is 7.37. The van der Waals surface area contributed by atoms with E-state index in [2.05, 4.69) is 5.32 Å². The van der Waals surface area contributed by atoms with Crippen molar-refractivity contribution in [3.8, 4) is 0 Å². The largest absolute Gasteiger partial charge is 0.480 e. The van der Waals surface area contributed by atoms with E-state index < -0.39 is 17.8 Å². The molecule has 2 N–H and O–H groups in total. The number of anilines is 1. The molecule has 156 valence electrons. The van der Waals surface area contributed by atoms with Gasteiger partial charge in [0.25, 0.3) is 11.8 Å². The molecule has 3 aromatic rings. The van der Waals surface area contributed by atoms with Crippen molar-refractivity contribution in [3.63, 3.8) is 0 Å². The van der Waals surface area contributed by atoms with Crippen LogP contribution < -0.4 is 10.2 Å². The number of benzene rings is 2. The van der Waals surface area contributed by atoms with Crippen LogP contribution in [-0.2, 0) is 20.9 Å². The van der Waals surface area contributed by atoms with E-state index >= 15 is 0 Å². The number of carbonyl (C=O) groups excluding carboxylic acids is 2. The number of nitrogens with one attached hydrogen (secondary N) is 1. The highest BCUT2D eigenvalue weighted by Gasteiger charge is 2.35. The Hall–Kier alpha value is -3.78. The fraction of sp³-hybridized carbons (Fsp3) is 0.130. The summed E-state index contributed by atoms with van der Waals surface area (Å²) in [6, 6.07) is 12.8. The van der Waals surface area contributed by atoms with Gasteiger partial charge < -0.3 is 9.67 Å². The van der Waals surface area contributed by atoms with Gasteiger partial charge in [0.05, 0.1) is 5.69 Å². The maximum Gasteiger partial charge on any atom is 0.323 e. The van der Waals surface area contributed by atoms with Crippen LogP contribution in [0.4, 0.5) is 5.69 Å². The molecule has 2 aromatic carbocycles. The fourth-order valence-electron chi connectivity index (χ4n) is 3.75. The molecular formula is C23H19N3O4S. The number of para-hydroxylation sites is 1. The van der Waals surface area contributed by atoms with Crippen LogP contribution in [0.3, 0.4) is 0 Å². The highest BCUT2D eigenvalue weighted by molar-refractivity contribution is 7.80. The number of thiocarbonyl (C=S) groups is 1. The second kappa shape index (κ2) is 7.81. The van der Waals surface area contributed by atoms with E-state index in [0.717, 1.165) is 16.5 Å². The molecule has 1 fully saturated rings. The smallest absolute Gasteiger partial charge is 0.323 e. The van der Waals surface area contributed by atoms with Gasteiger partial charge in [-0.3, -0.25) is 24.6 Å². The number of aliphatic carboxylic acids is 1. The Kier molecular flexibility index (Phi) is 5.16. The first kappa shape index (κ1) is 20.5. The van der Waals surface area contributed by atoms with Crippen LogP contribution in [0.15, 0.2) is 54.2 Å². The third-order valence-corrected chi connectivity index (χ3v) is 5.40. The van der Waals surface area contributed by atoms with Crippen molar-refractivity contribution in [2.45, 2.75) is 20.4 Å². The summed E-state index contributed by atoms with van der Waals surface area (Å²) < 4.78 is 1.57. The predicted molar refractivity (Wildman–Crippen MR) is 122 cm³/mol. The van der Waals surface area contributed by atoms with Crippen molar-refractivity contribution in [2.24, 2.45) is 0 Å². The number of carboxylic acid groups (broad SMARTS) is 1. The molecule has 0 radical (unpaired) electrons. The minimum Gasteiger partial charge on any atom is -0.480 e. The Labute approximate surface area is 183 Å². The van der Waals surface area contributed by atoms with Crippen molar-refractivity contribution < 1.29 is 19.5 Å². The summed E-state index contributed by atoms with van der Waals surface area (Å²) >= 11 is 5.28. The molecule has 1 aliphatic rings. The standard InChI is InChI=1S/C23H19N3O4S/c1-13-7-8-18(14(2)9-13)26-22(30)17(21(29)24-23(26)31)10-15-11-25(12-20(27)28)19-6-4-3-5-16(15)19/h3-11H,12H2,1-2H3,(H,27,28)(H,24,29,31)/b17-10-. The minimum absolute atomic E-state index is 0.0207. The Morgan fingerprint density at radius 3 is 2.61 bits per heavy atom. The Morgan fingerprint density at radius 2 is 1.90 bits per heavy atom. The Morgan fingerprint density at radius 1 is 1.16 bits per heavy atom. The summed E-state index contributed by atoms with van der Waals surface area (Å²) in [5, 5.41) is 12.5. The van der Waals surface area contributed by atoms with Crippen LogP contribution in [-0.4, -0.2) is 32.6 Å². The van der Waals surface area contributed by atoms with E-state index in [1.165, 1.54) is 11.0 Å². The maximum absolute atomic E-state index is 13.3. The van der Waals surface area contributed by atoms with Crippen molar-refractivity contribution in [1.29, 1.82) is 0 Å². The van der Waals surface area contributed by atoms with Gasteiger partial charge in [-0.2, -0.15) is 0 Å². The quantitative estimate of drug-likeness (QED) is 0.375. The van der Waals surface area contributed by atoms with E-state index in [-0.39, 0.29) is 17.2 Å². The van der Waals surface area contributed by atoms with Gasteiger partial charge in [-0.1, -0.05) is 35.9 Å². The second-order valence-corrected chi connectivity index (χ2v) is 7.76. The van der Waals surface area contributed by atoms with Gasteiger partial charge >= 0.3 is 5.97 Å². The molecule has 7 nitrogen and oxygen atoms in total. The lowest BCUT2D eigenvalue weighted by atomic mass is 10.0. The van der Waals surface area contributed by atoms with Gasteiger partial charge in [-0.15, -0.1) is 0 Å². The average Bonchev–Trinajstić information content (AvgIpc) is 3.03. The normalized spacial score (nSPS) is 15.6. The van der Waals surface area contributed by atoms with Crippen molar-refractivity contribution >= 4 is 57.8 Å². The lowest BCUT2D eigenvalue weighted by Gasteiger charge is -2.30. The van der Waals surface area contributed by atoms with Gasteiger partial charge in [-0.25, -0.2) is 0 Å². The summed E-state index contributed by atoms with van der Waals surface area (Å²) in [6.07, 6.45) is 3.11. The molecule has 0 spiro atoms. The molecule has 0 saturated carbocycles. The zero-order valence-corrected chi connectivity index (χ0v) is 17.7. The molecule has 0 unspecified atom stereocenters. The fourth-order valence-corrected chi connectivity index (χ4v) is 4.03. The first-order valence-corrected chi connectivity index (χ1v) is 9.95. The molecule has 0 bridgehead atoms. The molecule has 8 heteroatoms. The van der Waals surface area contributed by atoms with Gasteiger partial charge in [0.15, 0.2) is 5.11 Å². The molecule has 1 aliphatic heterocycles. The van der Waals surface area contributed by atoms with Crippen molar-refractivity contribution in [2.75, 3.05) is 4.90 Å². The van der Waals surface area contributed by atoms with Crippen LogP contribution in [0, 0.1) is 13.8 Å². The monoisotopic (exact) mass is 433 g/mol. The van der Waals surface area contributed by atoms with Crippen molar-refractivity contribution in [1.82, 2.24) is 9.88 Å². The van der Waals surface area contributed by atoms with Crippen LogP contribution in [0.1, 0.15) is 16.7 Å². The highest BCUT2D eigenvalue weighted by Crippen LogP contribution is 2.28. The van der Waals surface area contributed by atoms with Crippen LogP contribution in [0.2, 0.25) is 0 Å². The number of fused-ring (bicyclic) bond motifs is 1. The topological polar surface area (TPSA) is 91.6 Å². The maximum atomic E-state index is 13.3. The van der Waals surface area contributed by atoms with Crippen molar-refractivity contribution in [3.05, 3.63) is 70.9 Å². The van der Waals surface area contributed by atoms with Gasteiger partial charge in [-0.05, 0) is 49.8 Å². The number of aromatic nitrogens is 1. The molecule has 1 saturated heterocycles. The summed E-state index contributed by atoms with van der Waals surface area (Å²) in [5.74, 6) is -2.11. The zero-order chi connectivity index (χ0) is 22.3. The third kappa shape index (κ3) is 3.73. The molecule has 0 aliphatic carbocycles. The predicted octanol–water partition coefficient (Wildman–Crippen LogP) is 3.17. The first-order chi connectivity index (χ1) is 14.8. The van der Waals surface area contributed by atoms with E-state index in [1.807, 2.05) is 38.1 Å². The summed E-state index contributed by atoms with van der Waals surface area (Å²) in [7, 11) is 0. The molecule has 2 heterocycles. The summed E-state index contributed by atoms with van der Waals surface area (Å²) in [5.41, 5.74) is 3.68. The molecule has 1 aromatic heterocycles. The number of hydrogen-bond donors (Lipinski definition) is 2. The molecule has 0 atom stereocenters. The molecule has 2 amide bonds. The number of carbonyl (C=O) groups is 3. The van der Waals surface area contributed by atoms with Gasteiger partial charge in [0.2, 0.25) is 0 Å². The Bertz CT molecular complexity index is 1310. The number of carboxylic acids is 1. The first-order valence-electron chi connectivity index (χ1n) is 9.54. The van der Waals surface area contributed by atoms with Crippen LogP contribution in [0.5, 0.6) is 0 Å². The lowest BCUT2D eigenvalue weighted by molar-refractivity contribution is -0.137. The number of rotatable bonds is 4. The summed E-state index contributed by atoms with van der Waals surface area (Å²) in [4.78, 5) is 38.5. The van der Waals surface area contributed by atoms with Gasteiger partial charge in [0, 0.05) is 22.7 Å². The van der Waals surface area contributed by atoms with Crippen LogP contribution >= 0.6 is 12.2 Å². The third-order valence-electron chi connectivity index (χ3n) is 5.12. The average molecular weight is 433 g/mol. The SMILES string of the molecule is Cc1ccc(N2C(=O)/C(=C\c3cn(CC(=O)O)c4ccccc34)C(=O)NC2=S)c(C)c1. The highest BCUT2D eigenvalue weighted by atomic mass is 32.1. The lowest BCUT2D eigenvalue weighted by Crippen LogP contribution is -2.54. The number of amides is 2. The van der Waals surface area contributed by atoms with Gasteiger partial charge in [0.1, 0.15) is 12.1 Å². The molecular weight excluding hydrogens is 414 g/mol. The van der Waals surface area contributed by atoms with E-state index in [0.29, 0.717) is 16.8 Å².